The van der Waals surface area contributed by atoms with Crippen molar-refractivity contribution in [1.82, 2.24) is 10.6 Å². The van der Waals surface area contributed by atoms with Gasteiger partial charge in [-0.2, -0.15) is 0 Å². The van der Waals surface area contributed by atoms with Crippen LogP contribution >= 0.6 is 0 Å². The highest BCUT2D eigenvalue weighted by atomic mass is 16.5. The minimum atomic E-state index is -0.198. The highest BCUT2D eigenvalue weighted by molar-refractivity contribution is 5.74. The first-order valence-corrected chi connectivity index (χ1v) is 9.52. The van der Waals surface area contributed by atoms with Crippen molar-refractivity contribution in [3.05, 3.63) is 35.4 Å². The van der Waals surface area contributed by atoms with Crippen LogP contribution in [0, 0.1) is 12.8 Å². The summed E-state index contributed by atoms with van der Waals surface area (Å²) in [5, 5.41) is 15.6. The summed E-state index contributed by atoms with van der Waals surface area (Å²) in [5.41, 5.74) is 2.44. The molecule has 2 atom stereocenters. The van der Waals surface area contributed by atoms with E-state index in [9.17, 15) is 9.90 Å². The highest BCUT2D eigenvalue weighted by Crippen LogP contribution is 2.33. The topological polar surface area (TPSA) is 70.6 Å². The van der Waals surface area contributed by atoms with E-state index in [0.29, 0.717) is 12.5 Å². The van der Waals surface area contributed by atoms with Crippen molar-refractivity contribution < 1.29 is 14.6 Å². The van der Waals surface area contributed by atoms with Gasteiger partial charge in [0.15, 0.2) is 0 Å². The van der Waals surface area contributed by atoms with Gasteiger partial charge < -0.3 is 20.5 Å². The van der Waals surface area contributed by atoms with Crippen LogP contribution in [-0.4, -0.2) is 36.4 Å². The zero-order chi connectivity index (χ0) is 17.6. The van der Waals surface area contributed by atoms with E-state index in [4.69, 9.17) is 4.74 Å². The van der Waals surface area contributed by atoms with Gasteiger partial charge in [-0.15, -0.1) is 0 Å². The molecule has 0 spiro atoms. The van der Waals surface area contributed by atoms with E-state index in [1.54, 1.807) is 0 Å². The third kappa shape index (κ3) is 5.19. The van der Waals surface area contributed by atoms with Crippen molar-refractivity contribution >= 4 is 6.03 Å². The lowest BCUT2D eigenvalue weighted by molar-refractivity contribution is -0.0269. The molecule has 3 N–H and O–H groups in total. The molecule has 138 valence electrons. The van der Waals surface area contributed by atoms with Gasteiger partial charge in [-0.05, 0) is 51.0 Å². The second kappa shape index (κ2) is 8.68. The number of aliphatic hydroxyl groups is 1. The molecule has 5 nitrogen and oxygen atoms in total. The van der Waals surface area contributed by atoms with Crippen molar-refractivity contribution in [1.29, 1.82) is 0 Å². The molecule has 0 bridgehead atoms. The molecule has 3 rings (SSSR count). The predicted octanol–water partition coefficient (Wildman–Crippen LogP) is 3.07. The number of carbonyl (C=O) groups is 1. The number of hydrogen-bond acceptors (Lipinski definition) is 3. The van der Waals surface area contributed by atoms with Gasteiger partial charge in [-0.3, -0.25) is 0 Å². The van der Waals surface area contributed by atoms with Gasteiger partial charge in [-0.25, -0.2) is 4.79 Å². The highest BCUT2D eigenvalue weighted by Gasteiger charge is 2.28. The lowest BCUT2D eigenvalue weighted by Gasteiger charge is -2.33. The van der Waals surface area contributed by atoms with E-state index in [1.807, 2.05) is 0 Å². The number of benzene rings is 1. The Kier molecular flexibility index (Phi) is 6.32. The summed E-state index contributed by atoms with van der Waals surface area (Å²) in [7, 11) is 0. The van der Waals surface area contributed by atoms with Gasteiger partial charge in [0.05, 0.1) is 12.2 Å². The molecule has 1 aromatic carbocycles. The van der Waals surface area contributed by atoms with Crippen molar-refractivity contribution in [2.24, 2.45) is 5.92 Å². The molecule has 1 aromatic rings. The Morgan fingerprint density at radius 3 is 2.60 bits per heavy atom. The summed E-state index contributed by atoms with van der Waals surface area (Å²) in [6.07, 6.45) is 5.22. The van der Waals surface area contributed by atoms with Gasteiger partial charge in [0, 0.05) is 25.1 Å². The van der Waals surface area contributed by atoms with Crippen molar-refractivity contribution in [2.75, 3.05) is 13.2 Å². The smallest absolute Gasteiger partial charge is 0.315 e. The van der Waals surface area contributed by atoms with Gasteiger partial charge in [0.25, 0.3) is 0 Å². The number of nitrogens with one attached hydrogen (secondary N) is 2. The molecule has 0 aromatic heterocycles. The van der Waals surface area contributed by atoms with Gasteiger partial charge in [0.1, 0.15) is 0 Å². The molecule has 0 radical (unpaired) electrons. The molecule has 2 aliphatic rings. The minimum Gasteiger partial charge on any atom is -0.393 e. The normalized spacial score (nSPS) is 29.8. The molecule has 1 aliphatic carbocycles. The number of ether oxygens (including phenoxy) is 1. The SMILES string of the molecule is Cc1ccc([C@@H]2OCCC[C@H]2CNC(=O)NC2CCC(O)CC2)cc1. The monoisotopic (exact) mass is 346 g/mol. The number of carbonyl (C=O) groups excluding carboxylic acids is 1. The maximum absolute atomic E-state index is 12.2. The molecule has 2 fully saturated rings. The average Bonchev–Trinajstić information content (AvgIpc) is 2.63. The molecule has 25 heavy (non-hydrogen) atoms. The Labute approximate surface area is 150 Å². The summed E-state index contributed by atoms with van der Waals surface area (Å²) < 4.78 is 6.01. The van der Waals surface area contributed by atoms with Gasteiger partial charge >= 0.3 is 6.03 Å². The Hall–Kier alpha value is -1.59. The van der Waals surface area contributed by atoms with Crippen LogP contribution in [0.4, 0.5) is 4.79 Å². The standard InChI is InChI=1S/C20H30N2O3/c1-14-4-6-15(7-5-14)19-16(3-2-12-25-19)13-21-20(24)22-17-8-10-18(23)11-9-17/h4-7,16-19,23H,2-3,8-13H2,1H3,(H2,21,22,24)/t16-,17?,18?,19-/m0/s1. The second-order valence-corrected chi connectivity index (χ2v) is 7.46. The van der Waals surface area contributed by atoms with Crippen LogP contribution in [-0.2, 0) is 4.74 Å². The number of rotatable bonds is 4. The lowest BCUT2D eigenvalue weighted by atomic mass is 9.89. The number of urea groups is 1. The zero-order valence-corrected chi connectivity index (χ0v) is 15.0. The molecular weight excluding hydrogens is 316 g/mol. The minimum absolute atomic E-state index is 0.0551. The average molecular weight is 346 g/mol. The molecule has 1 heterocycles. The van der Waals surface area contributed by atoms with E-state index in [1.165, 1.54) is 11.1 Å². The maximum Gasteiger partial charge on any atom is 0.315 e. The fourth-order valence-electron chi connectivity index (χ4n) is 3.86. The fourth-order valence-corrected chi connectivity index (χ4v) is 3.86. The first kappa shape index (κ1) is 18.2. The molecule has 0 unspecified atom stereocenters. The van der Waals surface area contributed by atoms with Crippen LogP contribution in [0.5, 0.6) is 0 Å². The maximum atomic E-state index is 12.2. The van der Waals surface area contributed by atoms with E-state index in [-0.39, 0.29) is 24.3 Å². The largest absolute Gasteiger partial charge is 0.393 e. The van der Waals surface area contributed by atoms with Crippen LogP contribution < -0.4 is 10.6 Å². The van der Waals surface area contributed by atoms with Gasteiger partial charge in [0.2, 0.25) is 0 Å². The van der Waals surface area contributed by atoms with Crippen LogP contribution in [0.25, 0.3) is 0 Å². The second-order valence-electron chi connectivity index (χ2n) is 7.46. The third-order valence-corrected chi connectivity index (χ3v) is 5.41. The Balaban J connectivity index is 1.50. The van der Waals surface area contributed by atoms with E-state index < -0.39 is 0 Å². The quantitative estimate of drug-likeness (QED) is 0.785. The van der Waals surface area contributed by atoms with E-state index in [0.717, 1.165) is 45.1 Å². The summed E-state index contributed by atoms with van der Waals surface area (Å²) in [5.74, 6) is 0.301. The predicted molar refractivity (Wildman–Crippen MR) is 97.4 cm³/mol. The van der Waals surface area contributed by atoms with Crippen LogP contribution in [0.15, 0.2) is 24.3 Å². The van der Waals surface area contributed by atoms with Gasteiger partial charge in [-0.1, -0.05) is 29.8 Å². The summed E-state index contributed by atoms with van der Waals surface area (Å²) >= 11 is 0. The molecular formula is C20H30N2O3. The number of aliphatic hydroxyl groups excluding tert-OH is 1. The molecule has 1 aliphatic heterocycles. The van der Waals surface area contributed by atoms with E-state index >= 15 is 0 Å². The first-order chi connectivity index (χ1) is 12.1. The Morgan fingerprint density at radius 2 is 1.88 bits per heavy atom. The fraction of sp³-hybridized carbons (Fsp3) is 0.650. The number of aryl methyl sites for hydroxylation is 1. The van der Waals surface area contributed by atoms with Crippen LogP contribution in [0.3, 0.4) is 0 Å². The third-order valence-electron chi connectivity index (χ3n) is 5.41. The number of hydrogen-bond donors (Lipinski definition) is 3. The summed E-state index contributed by atoms with van der Waals surface area (Å²) in [4.78, 5) is 12.2. The first-order valence-electron chi connectivity index (χ1n) is 9.52. The summed E-state index contributed by atoms with van der Waals surface area (Å²) in [6.45, 7) is 3.49. The number of amides is 2. The van der Waals surface area contributed by atoms with Crippen molar-refractivity contribution in [3.63, 3.8) is 0 Å². The Morgan fingerprint density at radius 1 is 1.16 bits per heavy atom. The summed E-state index contributed by atoms with van der Waals surface area (Å²) in [6, 6.07) is 8.56. The van der Waals surface area contributed by atoms with Crippen molar-refractivity contribution in [3.8, 4) is 0 Å². The Bertz CT molecular complexity index is 553. The molecule has 2 amide bonds. The zero-order valence-electron chi connectivity index (χ0n) is 15.0. The molecule has 1 saturated carbocycles. The molecule has 1 saturated heterocycles. The van der Waals surface area contributed by atoms with E-state index in [2.05, 4.69) is 41.8 Å². The van der Waals surface area contributed by atoms with Crippen LogP contribution in [0.1, 0.15) is 55.8 Å². The lowest BCUT2D eigenvalue weighted by Crippen LogP contribution is -2.46. The van der Waals surface area contributed by atoms with Crippen LogP contribution in [0.2, 0.25) is 0 Å². The molecule has 5 heteroatoms. The van der Waals surface area contributed by atoms with Crippen molar-refractivity contribution in [2.45, 2.75) is 63.7 Å².